The van der Waals surface area contributed by atoms with Gasteiger partial charge >= 0.3 is 0 Å². The highest BCUT2D eigenvalue weighted by Gasteiger charge is 2.17. The van der Waals surface area contributed by atoms with E-state index in [-0.39, 0.29) is 13.2 Å². The number of aliphatic hydroxyl groups excluding tert-OH is 1. The molecule has 0 aliphatic heterocycles. The lowest BCUT2D eigenvalue weighted by Gasteiger charge is -2.09. The maximum absolute atomic E-state index is 8.91. The SMILES string of the molecule is COc1ccc(-n2nc(-c3nc(C)no3)cc2-c2ccc(OCCO)cc2)cc1. The molecule has 8 heteroatoms. The maximum atomic E-state index is 8.91. The average Bonchev–Trinajstić information content (AvgIpc) is 3.39. The Balaban J connectivity index is 1.77. The third-order valence-corrected chi connectivity index (χ3v) is 4.28. The summed E-state index contributed by atoms with van der Waals surface area (Å²) in [5.74, 6) is 2.36. The van der Waals surface area contributed by atoms with Gasteiger partial charge in [-0.05, 0) is 61.5 Å². The van der Waals surface area contributed by atoms with Crippen LogP contribution >= 0.6 is 0 Å². The Bertz CT molecular complexity index is 1080. The molecular weight excluding hydrogens is 372 g/mol. The van der Waals surface area contributed by atoms with E-state index >= 15 is 0 Å². The number of methoxy groups -OCH3 is 1. The molecule has 0 spiro atoms. The zero-order valence-corrected chi connectivity index (χ0v) is 16.1. The Morgan fingerprint density at radius 2 is 1.76 bits per heavy atom. The Hall–Kier alpha value is -3.65. The Morgan fingerprint density at radius 1 is 1.03 bits per heavy atom. The van der Waals surface area contributed by atoms with E-state index in [9.17, 15) is 0 Å². The first-order valence-electron chi connectivity index (χ1n) is 9.07. The van der Waals surface area contributed by atoms with Crippen molar-refractivity contribution >= 4 is 0 Å². The van der Waals surface area contributed by atoms with Crippen LogP contribution in [0.3, 0.4) is 0 Å². The van der Waals surface area contributed by atoms with Gasteiger partial charge < -0.3 is 19.1 Å². The third-order valence-electron chi connectivity index (χ3n) is 4.28. The Labute approximate surface area is 167 Å². The fourth-order valence-electron chi connectivity index (χ4n) is 2.90. The van der Waals surface area contributed by atoms with Gasteiger partial charge in [0.1, 0.15) is 18.1 Å². The monoisotopic (exact) mass is 392 g/mol. The minimum absolute atomic E-state index is 0.0288. The van der Waals surface area contributed by atoms with Crippen molar-refractivity contribution in [1.82, 2.24) is 19.9 Å². The Morgan fingerprint density at radius 3 is 2.38 bits per heavy atom. The molecule has 0 aliphatic rings. The number of aliphatic hydroxyl groups is 1. The molecule has 0 saturated heterocycles. The van der Waals surface area contributed by atoms with Gasteiger partial charge in [0.05, 0.1) is 25.1 Å². The first-order valence-corrected chi connectivity index (χ1v) is 9.07. The van der Waals surface area contributed by atoms with Crippen LogP contribution in [0.5, 0.6) is 11.5 Å². The van der Waals surface area contributed by atoms with Crippen molar-refractivity contribution in [2.75, 3.05) is 20.3 Å². The van der Waals surface area contributed by atoms with Gasteiger partial charge in [-0.1, -0.05) is 5.16 Å². The highest BCUT2D eigenvalue weighted by Crippen LogP contribution is 2.30. The maximum Gasteiger partial charge on any atom is 0.278 e. The van der Waals surface area contributed by atoms with Gasteiger partial charge in [-0.15, -0.1) is 0 Å². The summed E-state index contributed by atoms with van der Waals surface area (Å²) in [5, 5.41) is 17.4. The van der Waals surface area contributed by atoms with Crippen LogP contribution in [0.1, 0.15) is 5.82 Å². The number of nitrogens with zero attached hydrogens (tertiary/aromatic N) is 4. The molecule has 2 heterocycles. The second-order valence-corrected chi connectivity index (χ2v) is 6.27. The van der Waals surface area contributed by atoms with Crippen LogP contribution in [0.4, 0.5) is 0 Å². The lowest BCUT2D eigenvalue weighted by molar-refractivity contribution is 0.201. The number of aryl methyl sites for hydroxylation is 1. The molecule has 0 saturated carbocycles. The van der Waals surface area contributed by atoms with E-state index in [0.717, 1.165) is 22.7 Å². The molecule has 0 amide bonds. The fraction of sp³-hybridized carbons (Fsp3) is 0.190. The smallest absolute Gasteiger partial charge is 0.278 e. The molecule has 4 rings (SSSR count). The summed E-state index contributed by atoms with van der Waals surface area (Å²) in [4.78, 5) is 4.28. The zero-order valence-electron chi connectivity index (χ0n) is 16.1. The highest BCUT2D eigenvalue weighted by molar-refractivity contribution is 5.68. The topological polar surface area (TPSA) is 95.4 Å². The molecule has 148 valence electrons. The minimum Gasteiger partial charge on any atom is -0.497 e. The van der Waals surface area contributed by atoms with Gasteiger partial charge in [-0.3, -0.25) is 0 Å². The van der Waals surface area contributed by atoms with E-state index in [1.54, 1.807) is 14.0 Å². The van der Waals surface area contributed by atoms with Crippen LogP contribution in [-0.2, 0) is 0 Å². The largest absolute Gasteiger partial charge is 0.497 e. The molecule has 0 bridgehead atoms. The molecule has 8 nitrogen and oxygen atoms in total. The van der Waals surface area contributed by atoms with Crippen molar-refractivity contribution in [2.24, 2.45) is 0 Å². The van der Waals surface area contributed by atoms with Crippen LogP contribution in [0.25, 0.3) is 28.5 Å². The number of rotatable bonds is 7. The second kappa shape index (κ2) is 8.15. The molecule has 0 radical (unpaired) electrons. The average molecular weight is 392 g/mol. The van der Waals surface area contributed by atoms with Crippen LogP contribution in [-0.4, -0.2) is 45.4 Å². The molecule has 4 aromatic rings. The van der Waals surface area contributed by atoms with Gasteiger partial charge in [-0.25, -0.2) is 4.68 Å². The Kier molecular flexibility index (Phi) is 5.26. The molecule has 0 aliphatic carbocycles. The summed E-state index contributed by atoms with van der Waals surface area (Å²) in [6.45, 7) is 1.99. The number of aromatic nitrogens is 4. The van der Waals surface area contributed by atoms with Gasteiger partial charge in [0.2, 0.25) is 0 Å². The van der Waals surface area contributed by atoms with Crippen LogP contribution < -0.4 is 9.47 Å². The molecule has 29 heavy (non-hydrogen) atoms. The van der Waals surface area contributed by atoms with Gasteiger partial charge in [0, 0.05) is 5.56 Å². The quantitative estimate of drug-likeness (QED) is 0.516. The van der Waals surface area contributed by atoms with E-state index in [1.807, 2.05) is 59.3 Å². The number of ether oxygens (including phenoxy) is 2. The normalized spacial score (nSPS) is 10.9. The van der Waals surface area contributed by atoms with Gasteiger partial charge in [0.15, 0.2) is 11.5 Å². The zero-order chi connectivity index (χ0) is 20.2. The molecule has 0 unspecified atom stereocenters. The summed E-state index contributed by atoms with van der Waals surface area (Å²) >= 11 is 0. The van der Waals surface area contributed by atoms with Crippen LogP contribution in [0.15, 0.2) is 59.1 Å². The third kappa shape index (κ3) is 3.97. The van der Waals surface area contributed by atoms with E-state index in [0.29, 0.717) is 23.2 Å². The summed E-state index contributed by atoms with van der Waals surface area (Å²) < 4.78 is 17.8. The van der Waals surface area contributed by atoms with Crippen molar-refractivity contribution in [3.05, 3.63) is 60.4 Å². The van der Waals surface area contributed by atoms with Crippen molar-refractivity contribution < 1.29 is 19.1 Å². The summed E-state index contributed by atoms with van der Waals surface area (Å²) in [6.07, 6.45) is 0. The van der Waals surface area contributed by atoms with Crippen molar-refractivity contribution in [1.29, 1.82) is 0 Å². The van der Waals surface area contributed by atoms with Crippen molar-refractivity contribution in [3.8, 4) is 40.0 Å². The lowest BCUT2D eigenvalue weighted by Crippen LogP contribution is -2.02. The number of hydrogen-bond donors (Lipinski definition) is 1. The molecule has 2 aromatic heterocycles. The first kappa shape index (κ1) is 18.7. The standard InChI is InChI=1S/C21H20N4O4/c1-14-22-21(29-24-14)19-13-20(15-3-7-18(8-4-15)28-12-11-26)25(23-19)16-5-9-17(27-2)10-6-16/h3-10,13,26H,11-12H2,1-2H3. The van der Waals surface area contributed by atoms with Gasteiger partial charge in [-0.2, -0.15) is 10.1 Å². The summed E-state index contributed by atoms with van der Waals surface area (Å²) in [7, 11) is 1.63. The second-order valence-electron chi connectivity index (χ2n) is 6.27. The van der Waals surface area contributed by atoms with Gasteiger partial charge in [0.25, 0.3) is 5.89 Å². The summed E-state index contributed by atoms with van der Waals surface area (Å²) in [5.41, 5.74) is 3.24. The van der Waals surface area contributed by atoms with E-state index in [2.05, 4.69) is 15.2 Å². The minimum atomic E-state index is -0.0288. The molecule has 2 aromatic carbocycles. The highest BCUT2D eigenvalue weighted by atomic mass is 16.5. The fourth-order valence-corrected chi connectivity index (χ4v) is 2.90. The molecular formula is C21H20N4O4. The molecule has 1 N–H and O–H groups in total. The number of hydrogen-bond acceptors (Lipinski definition) is 7. The predicted octanol–water partition coefficient (Wildman–Crippen LogP) is 3.28. The van der Waals surface area contributed by atoms with Crippen molar-refractivity contribution in [2.45, 2.75) is 6.92 Å². The van der Waals surface area contributed by atoms with Crippen molar-refractivity contribution in [3.63, 3.8) is 0 Å². The van der Waals surface area contributed by atoms with E-state index in [4.69, 9.17) is 19.1 Å². The van der Waals surface area contributed by atoms with Crippen LogP contribution in [0.2, 0.25) is 0 Å². The lowest BCUT2D eigenvalue weighted by atomic mass is 10.1. The predicted molar refractivity (Wildman–Crippen MR) is 106 cm³/mol. The first-order chi connectivity index (χ1) is 14.2. The van der Waals surface area contributed by atoms with E-state index in [1.165, 1.54) is 0 Å². The van der Waals surface area contributed by atoms with E-state index < -0.39 is 0 Å². The number of benzene rings is 2. The van der Waals surface area contributed by atoms with Crippen LogP contribution in [0, 0.1) is 6.92 Å². The summed E-state index contributed by atoms with van der Waals surface area (Å²) in [6, 6.07) is 17.1. The molecule has 0 atom stereocenters. The molecule has 0 fully saturated rings.